The molecule has 0 fully saturated rings. The highest BCUT2D eigenvalue weighted by Crippen LogP contribution is 2.15. The molecule has 0 atom stereocenters. The number of hydrogen-bond acceptors (Lipinski definition) is 4. The lowest BCUT2D eigenvalue weighted by Crippen LogP contribution is -2.40. The minimum Gasteiger partial charge on any atom is -0.322 e. The molecule has 27 heavy (non-hydrogen) atoms. The first-order chi connectivity index (χ1) is 13.2. The highest BCUT2D eigenvalue weighted by molar-refractivity contribution is 8.14. The molecule has 5 nitrogen and oxygen atoms in total. The Labute approximate surface area is 167 Å². The summed E-state index contributed by atoms with van der Waals surface area (Å²) in [4.78, 5) is 16.7. The van der Waals surface area contributed by atoms with E-state index >= 15 is 0 Å². The summed E-state index contributed by atoms with van der Waals surface area (Å²) in [5.74, 6) is 0.506. The van der Waals surface area contributed by atoms with E-state index in [0.29, 0.717) is 10.9 Å². The van der Waals surface area contributed by atoms with Crippen LogP contribution in [-0.4, -0.2) is 11.1 Å². The molecule has 0 heterocycles. The van der Waals surface area contributed by atoms with Crippen LogP contribution in [-0.2, 0) is 0 Å². The predicted octanol–water partition coefficient (Wildman–Crippen LogP) is 5.39. The molecule has 3 aromatic carbocycles. The van der Waals surface area contributed by atoms with Gasteiger partial charge in [0.25, 0.3) is 0 Å². The fourth-order valence-electron chi connectivity index (χ4n) is 2.15. The van der Waals surface area contributed by atoms with Gasteiger partial charge in [0, 0.05) is 28.2 Å². The number of nitrogens with one attached hydrogen (secondary N) is 3. The van der Waals surface area contributed by atoms with E-state index in [2.05, 4.69) is 20.6 Å². The normalized spacial score (nSPS) is 10.9. The van der Waals surface area contributed by atoms with Gasteiger partial charge in [0.15, 0.2) is 5.84 Å². The lowest BCUT2D eigenvalue weighted by atomic mass is 10.2. The molecule has 0 aliphatic heterocycles. The van der Waals surface area contributed by atoms with Crippen molar-refractivity contribution in [1.29, 1.82) is 0 Å². The molecule has 0 aliphatic carbocycles. The van der Waals surface area contributed by atoms with Crippen LogP contribution in [0.15, 0.2) is 89.9 Å². The molecule has 0 aliphatic rings. The lowest BCUT2D eigenvalue weighted by molar-refractivity contribution is 0.259. The van der Waals surface area contributed by atoms with Crippen LogP contribution < -0.4 is 15.6 Å². The number of rotatable bonds is 4. The van der Waals surface area contributed by atoms with Crippen LogP contribution in [0.3, 0.4) is 0 Å². The number of para-hydroxylation sites is 2. The minimum atomic E-state index is -0.298. The maximum absolute atomic E-state index is 12.1. The van der Waals surface area contributed by atoms with Crippen molar-refractivity contribution in [3.05, 3.63) is 95.5 Å². The molecule has 3 N–H and O–H groups in total. The number of hydrogen-bond donors (Lipinski definition) is 3. The topological polar surface area (TPSA) is 65.5 Å². The van der Waals surface area contributed by atoms with Crippen molar-refractivity contribution in [1.82, 2.24) is 10.9 Å². The van der Waals surface area contributed by atoms with Crippen molar-refractivity contribution in [3.63, 3.8) is 0 Å². The highest BCUT2D eigenvalue weighted by atomic mass is 35.5. The van der Waals surface area contributed by atoms with E-state index in [-0.39, 0.29) is 5.24 Å². The Bertz CT molecular complexity index is 902. The Kier molecular flexibility index (Phi) is 6.73. The van der Waals surface area contributed by atoms with Crippen molar-refractivity contribution in [2.24, 2.45) is 4.99 Å². The van der Waals surface area contributed by atoms with Crippen molar-refractivity contribution < 1.29 is 4.79 Å². The van der Waals surface area contributed by atoms with Crippen LogP contribution >= 0.6 is 23.5 Å². The van der Waals surface area contributed by atoms with E-state index in [9.17, 15) is 4.79 Å². The largest absolute Gasteiger partial charge is 0.322 e. The van der Waals surface area contributed by atoms with Crippen LogP contribution in [0.1, 0.15) is 5.56 Å². The molecule has 0 aromatic heterocycles. The number of amidine groups is 1. The van der Waals surface area contributed by atoms with Gasteiger partial charge in [-0.25, -0.2) is 4.99 Å². The SMILES string of the molecule is O=C(NNC(=Nc1ccccc1)c1ccc(Cl)cc1)SNc1ccccc1. The molecule has 0 saturated heterocycles. The van der Waals surface area contributed by atoms with Crippen LogP contribution in [0.2, 0.25) is 5.02 Å². The van der Waals surface area contributed by atoms with Gasteiger partial charge in [0.2, 0.25) is 0 Å². The summed E-state index contributed by atoms with van der Waals surface area (Å²) in [5, 5.41) is 0.332. The average molecular weight is 397 g/mol. The summed E-state index contributed by atoms with van der Waals surface area (Å²) in [7, 11) is 0. The predicted molar refractivity (Wildman–Crippen MR) is 113 cm³/mol. The first-order valence-electron chi connectivity index (χ1n) is 8.14. The molecule has 3 aromatic rings. The molecule has 0 saturated carbocycles. The first kappa shape index (κ1) is 18.8. The van der Waals surface area contributed by atoms with Gasteiger partial charge in [0.05, 0.1) is 5.69 Å². The number of carbonyl (C=O) groups is 1. The standard InChI is InChI=1S/C20H17ClN4OS/c21-16-13-11-15(12-14-16)19(22-17-7-3-1-4-8-17)23-24-20(26)27-25-18-9-5-2-6-10-18/h1-14,25H,(H,22,23)(H,24,26). The highest BCUT2D eigenvalue weighted by Gasteiger charge is 2.07. The van der Waals surface area contributed by atoms with Crippen LogP contribution in [0, 0.1) is 0 Å². The smallest absolute Gasteiger partial charge is 0.317 e. The number of carbonyl (C=O) groups excluding carboxylic acids is 1. The zero-order chi connectivity index (χ0) is 18.9. The number of nitrogens with zero attached hydrogens (tertiary/aromatic N) is 1. The summed E-state index contributed by atoms with van der Waals surface area (Å²) in [5.41, 5.74) is 7.92. The van der Waals surface area contributed by atoms with Gasteiger partial charge in [-0.3, -0.25) is 15.6 Å². The number of aliphatic imine (C=N–C) groups is 1. The second kappa shape index (κ2) is 9.66. The molecule has 1 amide bonds. The Balaban J connectivity index is 1.67. The number of anilines is 1. The fraction of sp³-hybridized carbons (Fsp3) is 0. The van der Waals surface area contributed by atoms with Gasteiger partial charge in [-0.05, 0) is 48.5 Å². The second-order valence-corrected chi connectivity index (χ2v) is 6.63. The van der Waals surface area contributed by atoms with Gasteiger partial charge in [-0.15, -0.1) is 0 Å². The zero-order valence-corrected chi connectivity index (χ0v) is 15.8. The Morgan fingerprint density at radius 2 is 1.44 bits per heavy atom. The molecule has 0 unspecified atom stereocenters. The second-order valence-electron chi connectivity index (χ2n) is 5.41. The molecule has 0 bridgehead atoms. The van der Waals surface area contributed by atoms with Crippen LogP contribution in [0.5, 0.6) is 0 Å². The molecule has 0 radical (unpaired) electrons. The molecular weight excluding hydrogens is 380 g/mol. The lowest BCUT2D eigenvalue weighted by Gasteiger charge is -2.12. The van der Waals surface area contributed by atoms with Crippen LogP contribution in [0.4, 0.5) is 16.2 Å². The number of hydrazine groups is 1. The van der Waals surface area contributed by atoms with Gasteiger partial charge in [0.1, 0.15) is 0 Å². The third-order valence-corrected chi connectivity index (χ3v) is 4.31. The van der Waals surface area contributed by atoms with Gasteiger partial charge in [-0.2, -0.15) is 0 Å². The van der Waals surface area contributed by atoms with Crippen molar-refractivity contribution >= 4 is 46.0 Å². The average Bonchev–Trinajstić information content (AvgIpc) is 2.72. The van der Waals surface area contributed by atoms with Gasteiger partial charge < -0.3 is 4.72 Å². The fourth-order valence-corrected chi connectivity index (χ4v) is 2.73. The molecule has 3 rings (SSSR count). The number of benzene rings is 3. The van der Waals surface area contributed by atoms with Gasteiger partial charge in [-0.1, -0.05) is 48.0 Å². The van der Waals surface area contributed by atoms with Crippen molar-refractivity contribution in [3.8, 4) is 0 Å². The van der Waals surface area contributed by atoms with Crippen LogP contribution in [0.25, 0.3) is 0 Å². The van der Waals surface area contributed by atoms with Crippen molar-refractivity contribution in [2.75, 3.05) is 4.72 Å². The van der Waals surface area contributed by atoms with E-state index in [1.165, 1.54) is 0 Å². The number of amides is 1. The Morgan fingerprint density at radius 3 is 2.11 bits per heavy atom. The quantitative estimate of drug-likeness (QED) is 0.239. The van der Waals surface area contributed by atoms with E-state index in [1.54, 1.807) is 12.1 Å². The van der Waals surface area contributed by atoms with E-state index in [0.717, 1.165) is 28.9 Å². The zero-order valence-electron chi connectivity index (χ0n) is 14.2. The molecular formula is C20H17ClN4OS. The van der Waals surface area contributed by atoms with E-state index < -0.39 is 0 Å². The Morgan fingerprint density at radius 1 is 0.815 bits per heavy atom. The first-order valence-corrected chi connectivity index (χ1v) is 9.34. The Hall–Kier alpha value is -2.96. The summed E-state index contributed by atoms with van der Waals surface area (Å²) in [6, 6.07) is 26.1. The maximum atomic E-state index is 12.1. The number of halogens is 1. The van der Waals surface area contributed by atoms with Crippen molar-refractivity contribution in [2.45, 2.75) is 0 Å². The molecule has 136 valence electrons. The van der Waals surface area contributed by atoms with E-state index in [4.69, 9.17) is 11.6 Å². The third-order valence-electron chi connectivity index (χ3n) is 3.43. The third kappa shape index (κ3) is 6.06. The summed E-state index contributed by atoms with van der Waals surface area (Å²) < 4.78 is 2.97. The summed E-state index contributed by atoms with van der Waals surface area (Å²) >= 11 is 6.90. The molecule has 0 spiro atoms. The van der Waals surface area contributed by atoms with E-state index in [1.807, 2.05) is 72.8 Å². The maximum Gasteiger partial charge on any atom is 0.317 e. The van der Waals surface area contributed by atoms with Gasteiger partial charge >= 0.3 is 5.24 Å². The molecule has 7 heteroatoms. The summed E-state index contributed by atoms with van der Waals surface area (Å²) in [6.45, 7) is 0. The monoisotopic (exact) mass is 396 g/mol. The minimum absolute atomic E-state index is 0.298. The summed E-state index contributed by atoms with van der Waals surface area (Å²) in [6.07, 6.45) is 0.